The van der Waals surface area contributed by atoms with Crippen molar-refractivity contribution in [2.75, 3.05) is 18.4 Å². The molecule has 0 radical (unpaired) electrons. The predicted octanol–water partition coefficient (Wildman–Crippen LogP) is 2.71. The number of piperidine rings is 1. The number of H-pyrrole nitrogens is 1. The highest BCUT2D eigenvalue weighted by Crippen LogP contribution is 2.22. The van der Waals surface area contributed by atoms with Gasteiger partial charge in [0.1, 0.15) is 5.82 Å². The van der Waals surface area contributed by atoms with Crippen LogP contribution in [-0.2, 0) is 6.42 Å². The van der Waals surface area contributed by atoms with Crippen LogP contribution in [0.1, 0.15) is 49.9 Å². The Labute approximate surface area is 141 Å². The van der Waals surface area contributed by atoms with Crippen LogP contribution in [0.3, 0.4) is 0 Å². The number of hydrogen-bond acceptors (Lipinski definition) is 5. The van der Waals surface area contributed by atoms with Gasteiger partial charge < -0.3 is 9.42 Å². The number of anilines is 1. The number of hydrogen-bond donors (Lipinski definition) is 2. The lowest BCUT2D eigenvalue weighted by molar-refractivity contribution is 0.181. The van der Waals surface area contributed by atoms with Crippen molar-refractivity contribution in [1.82, 2.24) is 25.2 Å². The van der Waals surface area contributed by atoms with Crippen LogP contribution in [-0.4, -0.2) is 44.4 Å². The summed E-state index contributed by atoms with van der Waals surface area (Å²) in [6, 6.07) is 1.58. The largest absolute Gasteiger partial charge is 0.338 e. The number of amides is 2. The van der Waals surface area contributed by atoms with E-state index in [1.54, 1.807) is 6.07 Å². The molecule has 8 heteroatoms. The number of urea groups is 1. The van der Waals surface area contributed by atoms with Crippen LogP contribution in [0.5, 0.6) is 0 Å². The van der Waals surface area contributed by atoms with Crippen LogP contribution in [0.15, 0.2) is 10.6 Å². The van der Waals surface area contributed by atoms with E-state index in [1.165, 1.54) is 0 Å². The lowest BCUT2D eigenvalue weighted by Crippen LogP contribution is -2.41. The number of aryl methyl sites for hydroxylation is 1. The van der Waals surface area contributed by atoms with Gasteiger partial charge in [0.15, 0.2) is 5.82 Å². The molecule has 3 rings (SSSR count). The molecule has 1 aliphatic heterocycles. The third kappa shape index (κ3) is 3.93. The highest BCUT2D eigenvalue weighted by atomic mass is 16.5. The summed E-state index contributed by atoms with van der Waals surface area (Å²) in [5, 5.41) is 13.8. The van der Waals surface area contributed by atoms with Crippen molar-refractivity contribution in [1.29, 1.82) is 0 Å². The normalized spacial score (nSPS) is 15.9. The lowest BCUT2D eigenvalue weighted by Gasteiger charge is -2.31. The Hall–Kier alpha value is -2.38. The molecule has 1 saturated heterocycles. The molecule has 130 valence electrons. The number of carbonyl (C=O) groups excluding carboxylic acids is 1. The molecule has 0 unspecified atom stereocenters. The number of aromatic amines is 1. The van der Waals surface area contributed by atoms with Gasteiger partial charge in [-0.05, 0) is 25.7 Å². The summed E-state index contributed by atoms with van der Waals surface area (Å²) in [4.78, 5) is 18.6. The molecule has 2 N–H and O–H groups in total. The highest BCUT2D eigenvalue weighted by molar-refractivity contribution is 5.87. The van der Waals surface area contributed by atoms with E-state index in [0.29, 0.717) is 17.7 Å². The number of likely N-dealkylation sites (tertiary alicyclic amines) is 1. The van der Waals surface area contributed by atoms with Crippen LogP contribution in [0.2, 0.25) is 0 Å². The predicted molar refractivity (Wildman–Crippen MR) is 88.7 cm³/mol. The lowest BCUT2D eigenvalue weighted by atomic mass is 9.93. The van der Waals surface area contributed by atoms with Gasteiger partial charge in [-0.2, -0.15) is 5.10 Å². The molecule has 1 fully saturated rings. The smallest absolute Gasteiger partial charge is 0.324 e. The third-order valence-electron chi connectivity index (χ3n) is 4.31. The van der Waals surface area contributed by atoms with Gasteiger partial charge in [0.05, 0.1) is 5.69 Å². The second-order valence-electron chi connectivity index (χ2n) is 6.69. The fraction of sp³-hybridized carbons (Fsp3) is 0.625. The van der Waals surface area contributed by atoms with E-state index in [-0.39, 0.29) is 6.03 Å². The summed E-state index contributed by atoms with van der Waals surface area (Å²) >= 11 is 0. The first kappa shape index (κ1) is 16.5. The Morgan fingerprint density at radius 2 is 2.21 bits per heavy atom. The number of nitrogens with zero attached hydrogens (tertiary/aromatic N) is 4. The molecule has 2 aromatic rings. The fourth-order valence-corrected chi connectivity index (χ4v) is 2.88. The molecule has 0 aliphatic carbocycles. The molecule has 2 amide bonds. The molecule has 0 saturated carbocycles. The summed E-state index contributed by atoms with van der Waals surface area (Å²) in [5.74, 6) is 3.06. The SMILES string of the molecule is Cc1cc(NC(=O)N2CCC(Cc3nc(C(C)C)n[nH]3)CC2)on1. The average molecular weight is 332 g/mol. The van der Waals surface area contributed by atoms with E-state index in [4.69, 9.17) is 4.52 Å². The van der Waals surface area contributed by atoms with Crippen molar-refractivity contribution in [2.45, 2.75) is 46.0 Å². The highest BCUT2D eigenvalue weighted by Gasteiger charge is 2.24. The Morgan fingerprint density at radius 1 is 1.46 bits per heavy atom. The van der Waals surface area contributed by atoms with Crippen molar-refractivity contribution in [2.24, 2.45) is 5.92 Å². The molecule has 8 nitrogen and oxygen atoms in total. The number of aromatic nitrogens is 4. The second-order valence-corrected chi connectivity index (χ2v) is 6.69. The molecule has 2 aromatic heterocycles. The maximum atomic E-state index is 12.2. The summed E-state index contributed by atoms with van der Waals surface area (Å²) in [7, 11) is 0. The standard InChI is InChI=1S/C16H24N6O2/c1-10(2)15-17-13(19-20-15)9-12-4-6-22(7-5-12)16(23)18-14-8-11(3)21-24-14/h8,10,12H,4-7,9H2,1-3H3,(H,18,23)(H,17,19,20). The van der Waals surface area contributed by atoms with Gasteiger partial charge in [-0.15, -0.1) is 0 Å². The van der Waals surface area contributed by atoms with Gasteiger partial charge in [-0.3, -0.25) is 10.4 Å². The van der Waals surface area contributed by atoms with Crippen LogP contribution < -0.4 is 5.32 Å². The van der Waals surface area contributed by atoms with Crippen molar-refractivity contribution < 1.29 is 9.32 Å². The summed E-state index contributed by atoms with van der Waals surface area (Å²) in [6.07, 6.45) is 2.80. The number of rotatable bonds is 4. The van der Waals surface area contributed by atoms with Gasteiger partial charge in [-0.25, -0.2) is 9.78 Å². The quantitative estimate of drug-likeness (QED) is 0.896. The van der Waals surface area contributed by atoms with Crippen LogP contribution >= 0.6 is 0 Å². The average Bonchev–Trinajstić information content (AvgIpc) is 3.17. The van der Waals surface area contributed by atoms with E-state index >= 15 is 0 Å². The van der Waals surface area contributed by atoms with Gasteiger partial charge in [-0.1, -0.05) is 19.0 Å². The Morgan fingerprint density at radius 3 is 2.79 bits per heavy atom. The van der Waals surface area contributed by atoms with Crippen LogP contribution in [0.4, 0.5) is 10.7 Å². The first-order chi connectivity index (χ1) is 11.5. The zero-order valence-corrected chi connectivity index (χ0v) is 14.4. The monoisotopic (exact) mass is 332 g/mol. The molecule has 0 aromatic carbocycles. The minimum Gasteiger partial charge on any atom is -0.338 e. The summed E-state index contributed by atoms with van der Waals surface area (Å²) in [5.41, 5.74) is 0.747. The summed E-state index contributed by atoms with van der Waals surface area (Å²) < 4.78 is 5.02. The Kier molecular flexibility index (Phi) is 4.82. The Balaban J connectivity index is 1.47. The molecule has 3 heterocycles. The Bertz CT molecular complexity index is 684. The van der Waals surface area contributed by atoms with E-state index in [2.05, 4.69) is 39.5 Å². The molecular formula is C16H24N6O2. The molecule has 0 spiro atoms. The van der Waals surface area contributed by atoms with Gasteiger partial charge in [0.25, 0.3) is 0 Å². The van der Waals surface area contributed by atoms with Gasteiger partial charge >= 0.3 is 6.03 Å². The third-order valence-corrected chi connectivity index (χ3v) is 4.31. The first-order valence-electron chi connectivity index (χ1n) is 8.41. The van der Waals surface area contributed by atoms with Crippen LogP contribution in [0.25, 0.3) is 0 Å². The molecule has 0 bridgehead atoms. The van der Waals surface area contributed by atoms with Gasteiger partial charge in [0.2, 0.25) is 5.88 Å². The van der Waals surface area contributed by atoms with Crippen molar-refractivity contribution in [3.63, 3.8) is 0 Å². The summed E-state index contributed by atoms with van der Waals surface area (Å²) in [6.45, 7) is 7.45. The first-order valence-corrected chi connectivity index (χ1v) is 8.41. The van der Waals surface area contributed by atoms with Crippen molar-refractivity contribution >= 4 is 11.9 Å². The van der Waals surface area contributed by atoms with Crippen LogP contribution in [0, 0.1) is 12.8 Å². The zero-order valence-electron chi connectivity index (χ0n) is 14.4. The molecule has 0 atom stereocenters. The van der Waals surface area contributed by atoms with E-state index in [1.807, 2.05) is 11.8 Å². The minimum absolute atomic E-state index is 0.133. The van der Waals surface area contributed by atoms with Crippen molar-refractivity contribution in [3.8, 4) is 0 Å². The van der Waals surface area contributed by atoms with E-state index < -0.39 is 0 Å². The molecular weight excluding hydrogens is 308 g/mol. The minimum atomic E-state index is -0.133. The maximum absolute atomic E-state index is 12.2. The van der Waals surface area contributed by atoms with Crippen molar-refractivity contribution in [3.05, 3.63) is 23.4 Å². The topological polar surface area (TPSA) is 99.9 Å². The molecule has 1 aliphatic rings. The second kappa shape index (κ2) is 7.02. The number of nitrogens with one attached hydrogen (secondary N) is 2. The van der Waals surface area contributed by atoms with E-state index in [9.17, 15) is 4.79 Å². The maximum Gasteiger partial charge on any atom is 0.324 e. The van der Waals surface area contributed by atoms with Gasteiger partial charge in [0, 0.05) is 31.5 Å². The zero-order chi connectivity index (χ0) is 17.1. The van der Waals surface area contributed by atoms with E-state index in [0.717, 1.165) is 49.7 Å². The molecule has 24 heavy (non-hydrogen) atoms. The number of carbonyl (C=O) groups is 1. The fourth-order valence-electron chi connectivity index (χ4n) is 2.88.